The highest BCUT2D eigenvalue weighted by atomic mass is 32.1. The molecule has 0 aliphatic rings. The Morgan fingerprint density at radius 3 is 2.33 bits per heavy atom. The summed E-state index contributed by atoms with van der Waals surface area (Å²) in [6.45, 7) is 10.0. The van der Waals surface area contributed by atoms with E-state index in [2.05, 4.69) is 15.3 Å². The van der Waals surface area contributed by atoms with Gasteiger partial charge >= 0.3 is 5.69 Å². The largest absolute Gasteiger partial charge is 0.346 e. The van der Waals surface area contributed by atoms with Crippen molar-refractivity contribution >= 4 is 11.3 Å². The zero-order chi connectivity index (χ0) is 13.5. The number of hydrogen-bond donors (Lipinski definition) is 0. The monoisotopic (exact) mass is 267 g/mol. The van der Waals surface area contributed by atoms with Crippen LogP contribution in [0.4, 0.5) is 0 Å². The van der Waals surface area contributed by atoms with Crippen molar-refractivity contribution < 1.29 is 0 Å². The summed E-state index contributed by atoms with van der Waals surface area (Å²) >= 11 is 1.50. The molecule has 0 atom stereocenters. The van der Waals surface area contributed by atoms with Crippen LogP contribution < -0.4 is 5.69 Å². The van der Waals surface area contributed by atoms with Gasteiger partial charge in [0.25, 0.3) is 0 Å². The number of hydrogen-bond acceptors (Lipinski definition) is 5. The van der Waals surface area contributed by atoms with Gasteiger partial charge in [0.1, 0.15) is 15.8 Å². The SMILES string of the molecule is Cc1nnc(Cn2c(C)nn(C(C)(C)C)c2=O)s1. The number of nitrogens with zero attached hydrogens (tertiary/aromatic N) is 5. The van der Waals surface area contributed by atoms with Crippen molar-refractivity contribution in [3.05, 3.63) is 26.3 Å². The van der Waals surface area contributed by atoms with E-state index in [4.69, 9.17) is 0 Å². The van der Waals surface area contributed by atoms with E-state index >= 15 is 0 Å². The lowest BCUT2D eigenvalue weighted by molar-refractivity contribution is 0.340. The third-order valence-corrected chi connectivity index (χ3v) is 3.37. The molecule has 98 valence electrons. The number of rotatable bonds is 2. The standard InChI is InChI=1S/C11H17N5OS/c1-7-14-16(11(3,4)5)10(17)15(7)6-9-13-12-8(2)18-9/h6H2,1-5H3. The predicted octanol–water partition coefficient (Wildman–Crippen LogP) is 1.32. The first-order valence-corrected chi connectivity index (χ1v) is 6.56. The fourth-order valence-electron chi connectivity index (χ4n) is 1.65. The van der Waals surface area contributed by atoms with Crippen LogP contribution in [-0.2, 0) is 12.1 Å². The van der Waals surface area contributed by atoms with Crippen LogP contribution in [0.2, 0.25) is 0 Å². The molecule has 0 radical (unpaired) electrons. The van der Waals surface area contributed by atoms with Crippen molar-refractivity contribution in [1.29, 1.82) is 0 Å². The maximum absolute atomic E-state index is 12.3. The second-order valence-electron chi connectivity index (χ2n) is 5.21. The van der Waals surface area contributed by atoms with Gasteiger partial charge in [0.05, 0.1) is 12.1 Å². The van der Waals surface area contributed by atoms with Gasteiger partial charge in [0.2, 0.25) is 0 Å². The third-order valence-electron chi connectivity index (χ3n) is 2.54. The first-order valence-electron chi connectivity index (χ1n) is 5.75. The first kappa shape index (κ1) is 12.9. The van der Waals surface area contributed by atoms with Crippen molar-refractivity contribution in [2.75, 3.05) is 0 Å². The van der Waals surface area contributed by atoms with Gasteiger partial charge in [-0.15, -0.1) is 10.2 Å². The van der Waals surface area contributed by atoms with Gasteiger partial charge in [0, 0.05) is 0 Å². The second kappa shape index (κ2) is 4.31. The normalized spacial score (nSPS) is 12.1. The zero-order valence-corrected chi connectivity index (χ0v) is 12.1. The van der Waals surface area contributed by atoms with E-state index in [0.29, 0.717) is 12.4 Å². The fraction of sp³-hybridized carbons (Fsp3) is 0.636. The summed E-state index contributed by atoms with van der Waals surface area (Å²) in [6.07, 6.45) is 0. The van der Waals surface area contributed by atoms with Crippen LogP contribution in [0.1, 0.15) is 36.6 Å². The summed E-state index contributed by atoms with van der Waals surface area (Å²) in [5.41, 5.74) is -0.419. The molecule has 2 rings (SSSR count). The van der Waals surface area contributed by atoms with E-state index in [1.807, 2.05) is 34.6 Å². The van der Waals surface area contributed by atoms with Gasteiger partial charge in [-0.25, -0.2) is 9.48 Å². The van der Waals surface area contributed by atoms with Crippen LogP contribution >= 0.6 is 11.3 Å². The molecule has 0 aromatic carbocycles. The predicted molar refractivity (Wildman–Crippen MR) is 70.0 cm³/mol. The van der Waals surface area contributed by atoms with E-state index in [1.165, 1.54) is 16.0 Å². The Hall–Kier alpha value is -1.50. The number of aryl methyl sites for hydroxylation is 2. The zero-order valence-electron chi connectivity index (χ0n) is 11.3. The topological polar surface area (TPSA) is 65.6 Å². The molecule has 18 heavy (non-hydrogen) atoms. The van der Waals surface area contributed by atoms with Gasteiger partial charge in [-0.3, -0.25) is 4.57 Å². The van der Waals surface area contributed by atoms with Gasteiger partial charge in [-0.1, -0.05) is 11.3 Å². The summed E-state index contributed by atoms with van der Waals surface area (Å²) in [5, 5.41) is 14.0. The Morgan fingerprint density at radius 1 is 1.22 bits per heavy atom. The summed E-state index contributed by atoms with van der Waals surface area (Å²) < 4.78 is 3.14. The molecule has 0 saturated carbocycles. The van der Waals surface area contributed by atoms with Crippen LogP contribution in [0, 0.1) is 13.8 Å². The van der Waals surface area contributed by atoms with Crippen LogP contribution in [0.5, 0.6) is 0 Å². The molecular weight excluding hydrogens is 250 g/mol. The molecule has 0 unspecified atom stereocenters. The van der Waals surface area contributed by atoms with Crippen LogP contribution in [0.3, 0.4) is 0 Å². The highest BCUT2D eigenvalue weighted by molar-refractivity contribution is 7.11. The lowest BCUT2D eigenvalue weighted by Gasteiger charge is -2.16. The molecule has 2 aromatic heterocycles. The molecule has 0 fully saturated rings. The molecule has 0 spiro atoms. The molecule has 0 bridgehead atoms. The minimum Gasteiger partial charge on any atom is -0.272 e. The van der Waals surface area contributed by atoms with E-state index in [-0.39, 0.29) is 11.2 Å². The Labute approximate surface area is 109 Å². The van der Waals surface area contributed by atoms with Gasteiger partial charge in [-0.05, 0) is 34.6 Å². The van der Waals surface area contributed by atoms with Crippen molar-refractivity contribution in [2.24, 2.45) is 0 Å². The average molecular weight is 267 g/mol. The second-order valence-corrected chi connectivity index (χ2v) is 6.48. The molecule has 0 amide bonds. The van der Waals surface area contributed by atoms with Crippen molar-refractivity contribution in [1.82, 2.24) is 24.5 Å². The Bertz CT molecular complexity index is 616. The average Bonchev–Trinajstić information content (AvgIpc) is 2.76. The Kier molecular flexibility index (Phi) is 3.10. The van der Waals surface area contributed by atoms with Gasteiger partial charge in [0.15, 0.2) is 0 Å². The van der Waals surface area contributed by atoms with Crippen LogP contribution in [0.25, 0.3) is 0 Å². The molecule has 2 aromatic rings. The highest BCUT2D eigenvalue weighted by Gasteiger charge is 2.21. The molecule has 7 heteroatoms. The highest BCUT2D eigenvalue weighted by Crippen LogP contribution is 2.12. The lowest BCUT2D eigenvalue weighted by atomic mass is 10.1. The molecule has 0 saturated heterocycles. The van der Waals surface area contributed by atoms with Gasteiger partial charge in [-0.2, -0.15) is 5.10 Å². The van der Waals surface area contributed by atoms with E-state index < -0.39 is 0 Å². The Balaban J connectivity index is 2.41. The maximum Gasteiger partial charge on any atom is 0.346 e. The molecule has 0 aliphatic carbocycles. The molecule has 0 N–H and O–H groups in total. The van der Waals surface area contributed by atoms with E-state index in [0.717, 1.165) is 10.0 Å². The summed E-state index contributed by atoms with van der Waals surface area (Å²) in [6, 6.07) is 0. The fourth-order valence-corrected chi connectivity index (χ4v) is 2.35. The quantitative estimate of drug-likeness (QED) is 0.823. The lowest BCUT2D eigenvalue weighted by Crippen LogP contribution is -2.35. The summed E-state index contributed by atoms with van der Waals surface area (Å²) in [4.78, 5) is 12.3. The third kappa shape index (κ3) is 2.35. The summed E-state index contributed by atoms with van der Waals surface area (Å²) in [7, 11) is 0. The van der Waals surface area contributed by atoms with E-state index in [1.54, 1.807) is 4.57 Å². The van der Waals surface area contributed by atoms with Gasteiger partial charge < -0.3 is 0 Å². The first-order chi connectivity index (χ1) is 8.29. The summed E-state index contributed by atoms with van der Waals surface area (Å²) in [5.74, 6) is 0.697. The smallest absolute Gasteiger partial charge is 0.272 e. The minimum atomic E-state index is -0.315. The minimum absolute atomic E-state index is 0.104. The molecule has 2 heterocycles. The van der Waals surface area contributed by atoms with E-state index in [9.17, 15) is 4.79 Å². The van der Waals surface area contributed by atoms with Crippen LogP contribution in [0.15, 0.2) is 4.79 Å². The van der Waals surface area contributed by atoms with Crippen LogP contribution in [-0.4, -0.2) is 24.5 Å². The van der Waals surface area contributed by atoms with Crippen molar-refractivity contribution in [2.45, 2.75) is 46.7 Å². The molecule has 6 nitrogen and oxygen atoms in total. The molecular formula is C11H17N5OS. The molecule has 0 aliphatic heterocycles. The Morgan fingerprint density at radius 2 is 1.89 bits per heavy atom. The van der Waals surface area contributed by atoms with Crippen molar-refractivity contribution in [3.63, 3.8) is 0 Å². The van der Waals surface area contributed by atoms with Crippen molar-refractivity contribution in [3.8, 4) is 0 Å². The number of aromatic nitrogens is 5. The maximum atomic E-state index is 12.3.